The number of hydrogen-bond donors (Lipinski definition) is 2. The predicted molar refractivity (Wildman–Crippen MR) is 137 cm³/mol. The molecule has 2 N–H and O–H groups in total. The number of thiazole rings is 1. The number of carbonyl (C=O) groups is 1. The second kappa shape index (κ2) is 9.10. The van der Waals surface area contributed by atoms with Crippen molar-refractivity contribution in [2.45, 2.75) is 36.9 Å². The van der Waals surface area contributed by atoms with Gasteiger partial charge in [0.05, 0.1) is 39.8 Å². The highest BCUT2D eigenvalue weighted by Crippen LogP contribution is 2.37. The molecular weight excluding hydrogens is 500 g/mol. The highest BCUT2D eigenvalue weighted by Gasteiger charge is 2.35. The van der Waals surface area contributed by atoms with Crippen LogP contribution in [0, 0.1) is 19.8 Å². The third-order valence-corrected chi connectivity index (χ3v) is 9.40. The smallest absolute Gasteiger partial charge is 0.273 e. The minimum absolute atomic E-state index is 0.0148. The van der Waals surface area contributed by atoms with Gasteiger partial charge in [-0.3, -0.25) is 23.9 Å². The van der Waals surface area contributed by atoms with Crippen molar-refractivity contribution in [1.82, 2.24) is 24.8 Å². The molecule has 1 aromatic carbocycles. The van der Waals surface area contributed by atoms with Gasteiger partial charge in [-0.25, -0.2) is 18.4 Å². The normalized spacial score (nSPS) is 17.5. The summed E-state index contributed by atoms with van der Waals surface area (Å²) in [4.78, 5) is 37.9. The number of rotatable bonds is 6. The van der Waals surface area contributed by atoms with Gasteiger partial charge in [-0.15, -0.1) is 11.3 Å². The summed E-state index contributed by atoms with van der Waals surface area (Å²) in [5, 5.41) is 3.76. The van der Waals surface area contributed by atoms with Crippen molar-refractivity contribution in [3.63, 3.8) is 0 Å². The number of anilines is 1. The van der Waals surface area contributed by atoms with Gasteiger partial charge in [0.2, 0.25) is 5.91 Å². The molecule has 1 aliphatic carbocycles. The van der Waals surface area contributed by atoms with Crippen molar-refractivity contribution in [3.8, 4) is 11.1 Å². The summed E-state index contributed by atoms with van der Waals surface area (Å²) in [6, 6.07) is 6.91. The Bertz CT molecular complexity index is 1650. The maximum Gasteiger partial charge on any atom is 0.273 e. The summed E-state index contributed by atoms with van der Waals surface area (Å²) in [6.45, 7) is 3.41. The number of fused-ring (bicyclic) bond motifs is 1. The monoisotopic (exact) mass is 524 g/mol. The molecule has 0 aliphatic heterocycles. The van der Waals surface area contributed by atoms with Gasteiger partial charge < -0.3 is 5.32 Å². The molecule has 4 aromatic rings. The van der Waals surface area contributed by atoms with Crippen LogP contribution in [0.4, 0.5) is 5.69 Å². The first kappa shape index (κ1) is 24.1. The van der Waals surface area contributed by atoms with E-state index in [2.05, 4.69) is 25.0 Å². The minimum Gasteiger partial charge on any atom is -0.359 e. The molecule has 10 nitrogen and oxygen atoms in total. The number of sulfonamides is 1. The van der Waals surface area contributed by atoms with Gasteiger partial charge in [-0.2, -0.15) is 0 Å². The van der Waals surface area contributed by atoms with Crippen LogP contribution in [0.15, 0.2) is 52.0 Å². The van der Waals surface area contributed by atoms with E-state index >= 15 is 0 Å². The number of nitrogens with zero attached hydrogens (tertiary/aromatic N) is 4. The highest BCUT2D eigenvalue weighted by molar-refractivity contribution is 7.94. The van der Waals surface area contributed by atoms with Crippen LogP contribution < -0.4 is 15.6 Å². The Morgan fingerprint density at radius 3 is 2.61 bits per heavy atom. The zero-order valence-electron chi connectivity index (χ0n) is 19.8. The molecule has 0 unspecified atom stereocenters. The van der Waals surface area contributed by atoms with Gasteiger partial charge in [0, 0.05) is 30.8 Å². The molecule has 36 heavy (non-hydrogen) atoms. The van der Waals surface area contributed by atoms with E-state index < -0.39 is 10.0 Å². The van der Waals surface area contributed by atoms with Crippen LogP contribution in [-0.2, 0) is 14.8 Å². The Morgan fingerprint density at radius 2 is 1.92 bits per heavy atom. The minimum atomic E-state index is -3.81. The van der Waals surface area contributed by atoms with Gasteiger partial charge >= 0.3 is 0 Å². The first-order valence-corrected chi connectivity index (χ1v) is 13.6. The fourth-order valence-corrected chi connectivity index (χ4v) is 6.94. The van der Waals surface area contributed by atoms with Crippen molar-refractivity contribution >= 4 is 43.9 Å². The van der Waals surface area contributed by atoms with Gasteiger partial charge in [0.25, 0.3) is 15.6 Å². The van der Waals surface area contributed by atoms with Crippen LogP contribution in [0.1, 0.15) is 29.6 Å². The van der Waals surface area contributed by atoms with E-state index in [0.29, 0.717) is 51.3 Å². The molecule has 3 heterocycles. The lowest BCUT2D eigenvalue weighted by molar-refractivity contribution is -0.128. The molecule has 12 heteroatoms. The topological polar surface area (TPSA) is 136 Å². The summed E-state index contributed by atoms with van der Waals surface area (Å²) in [5.41, 5.74) is 2.48. The Hall–Kier alpha value is -3.64. The average molecular weight is 525 g/mol. The lowest BCUT2D eigenvalue weighted by Crippen LogP contribution is -2.41. The van der Waals surface area contributed by atoms with E-state index in [9.17, 15) is 18.0 Å². The number of hydrogen-bond acceptors (Lipinski definition) is 8. The van der Waals surface area contributed by atoms with Gasteiger partial charge in [-0.05, 0) is 50.5 Å². The van der Waals surface area contributed by atoms with Gasteiger partial charge in [0.1, 0.15) is 0 Å². The molecular formula is C24H24N6O4S2. The number of nitrogens with one attached hydrogen (secondary N) is 2. The van der Waals surface area contributed by atoms with Gasteiger partial charge in [0.15, 0.2) is 4.21 Å². The van der Waals surface area contributed by atoms with Crippen LogP contribution in [-0.4, -0.2) is 40.9 Å². The van der Waals surface area contributed by atoms with E-state index in [0.717, 1.165) is 11.3 Å². The summed E-state index contributed by atoms with van der Waals surface area (Å²) in [5.74, 6) is -0.108. The van der Waals surface area contributed by atoms with Crippen molar-refractivity contribution in [3.05, 3.63) is 64.0 Å². The Labute approximate surface area is 211 Å². The SMILES string of the molecule is CNC(=O)[C@H]1C[C@H](n2cnc3ccc(-c4cncc(NS(=O)(=O)c5sc(C)nc5C)c4)cc3c2=O)C1. The quantitative estimate of drug-likeness (QED) is 0.396. The molecule has 1 saturated carbocycles. The lowest BCUT2D eigenvalue weighted by atomic mass is 9.79. The lowest BCUT2D eigenvalue weighted by Gasteiger charge is -2.34. The predicted octanol–water partition coefficient (Wildman–Crippen LogP) is 3.03. The van der Waals surface area contributed by atoms with Crippen molar-refractivity contribution in [2.75, 3.05) is 11.8 Å². The fourth-order valence-electron chi connectivity index (χ4n) is 4.43. The number of amides is 1. The van der Waals surface area contributed by atoms with Crippen molar-refractivity contribution < 1.29 is 13.2 Å². The highest BCUT2D eigenvalue weighted by atomic mass is 32.2. The summed E-state index contributed by atoms with van der Waals surface area (Å²) in [6.07, 6.45) is 5.76. The van der Waals surface area contributed by atoms with E-state index in [1.807, 2.05) is 6.07 Å². The second-order valence-corrected chi connectivity index (χ2v) is 11.9. The van der Waals surface area contributed by atoms with Crippen LogP contribution >= 0.6 is 11.3 Å². The van der Waals surface area contributed by atoms with E-state index in [4.69, 9.17) is 0 Å². The van der Waals surface area contributed by atoms with Crippen LogP contribution in [0.25, 0.3) is 22.0 Å². The Balaban J connectivity index is 1.44. The zero-order valence-corrected chi connectivity index (χ0v) is 21.5. The third kappa shape index (κ3) is 4.37. The van der Waals surface area contributed by atoms with Crippen molar-refractivity contribution in [2.24, 2.45) is 5.92 Å². The standard InChI is InChI=1S/C24H24N6O4S2/c1-13-24(35-14(2)28-13)36(33,34)29-18-6-17(10-26-11-18)15-4-5-21-20(9-15)23(32)30(12-27-21)19-7-16(8-19)22(31)25-3/h4-6,9-12,16,19,29H,7-8H2,1-3H3,(H,25,31)/t16-,19-. The van der Waals surface area contributed by atoms with Crippen LogP contribution in [0.5, 0.6) is 0 Å². The molecule has 0 bridgehead atoms. The fraction of sp³-hybridized carbons (Fsp3) is 0.292. The second-order valence-electron chi connectivity index (χ2n) is 8.80. The molecule has 3 aromatic heterocycles. The molecule has 1 aliphatic rings. The number of aromatic nitrogens is 4. The molecule has 1 fully saturated rings. The zero-order chi connectivity index (χ0) is 25.6. The molecule has 0 saturated heterocycles. The van der Waals surface area contributed by atoms with Crippen LogP contribution in [0.2, 0.25) is 0 Å². The summed E-state index contributed by atoms with van der Waals surface area (Å²) < 4.78 is 30.1. The summed E-state index contributed by atoms with van der Waals surface area (Å²) in [7, 11) is -2.21. The molecule has 0 radical (unpaired) electrons. The van der Waals surface area contributed by atoms with E-state index in [-0.39, 0.29) is 27.6 Å². The van der Waals surface area contributed by atoms with E-state index in [1.165, 1.54) is 12.5 Å². The Morgan fingerprint density at radius 1 is 1.14 bits per heavy atom. The summed E-state index contributed by atoms with van der Waals surface area (Å²) >= 11 is 1.11. The first-order valence-electron chi connectivity index (χ1n) is 11.3. The maximum atomic E-state index is 13.2. The molecule has 1 amide bonds. The molecule has 0 atom stereocenters. The maximum absolute atomic E-state index is 13.2. The third-order valence-electron chi connectivity index (χ3n) is 6.34. The molecule has 0 spiro atoms. The average Bonchev–Trinajstić information content (AvgIpc) is 3.18. The molecule has 5 rings (SSSR count). The Kier molecular flexibility index (Phi) is 6.08. The first-order chi connectivity index (χ1) is 17.2. The number of pyridine rings is 1. The number of aryl methyl sites for hydroxylation is 2. The van der Waals surface area contributed by atoms with E-state index in [1.54, 1.807) is 49.9 Å². The van der Waals surface area contributed by atoms with Crippen LogP contribution in [0.3, 0.4) is 0 Å². The largest absolute Gasteiger partial charge is 0.359 e. The number of benzene rings is 1. The van der Waals surface area contributed by atoms with Gasteiger partial charge in [-0.1, -0.05) is 6.07 Å². The molecule has 186 valence electrons. The van der Waals surface area contributed by atoms with Crippen molar-refractivity contribution in [1.29, 1.82) is 0 Å². The number of carbonyl (C=O) groups excluding carboxylic acids is 1.